The molecule has 2 atom stereocenters. The Kier molecular flexibility index (Phi) is 44.1. The molecule has 2 amide bonds. The van der Waals surface area contributed by atoms with Gasteiger partial charge in [0.05, 0.1) is 29.2 Å². The number of hydroxylamine groups is 2. The number of ketones is 1. The Balaban J connectivity index is 0.000000628. The topological polar surface area (TPSA) is 567 Å². The number of hydrogen-bond donors (Lipinski definition) is 9. The first-order valence-electron chi connectivity index (χ1n) is 36.3. The lowest BCUT2D eigenvalue weighted by molar-refractivity contribution is -0.196. The number of Topliss-reactive ketones (excluding diaryl/α,β-unsaturated/α-hetero) is 1. The molecule has 2 fully saturated rings. The molecule has 5 aliphatic rings. The van der Waals surface area contributed by atoms with Crippen molar-refractivity contribution in [1.29, 1.82) is 0 Å². The molecule has 5 aliphatic heterocycles. The van der Waals surface area contributed by atoms with Gasteiger partial charge < -0.3 is 38.1 Å². The number of cyclic esters (lactones) is 1. The van der Waals surface area contributed by atoms with Crippen molar-refractivity contribution >= 4 is 99.2 Å². The number of aromatic amines is 8. The minimum Gasteiger partial charge on any atom is -0.410 e. The number of aromatic nitrogens is 15. The van der Waals surface area contributed by atoms with Gasteiger partial charge in [-0.15, -0.1) is 10.2 Å². The summed E-state index contributed by atoms with van der Waals surface area (Å²) in [5, 5.41) is 28.8. The maximum Gasteiger partial charge on any atom is 0.440 e. The smallest absolute Gasteiger partial charge is 0.410 e. The molecule has 2 unspecified atom stereocenters. The zero-order valence-corrected chi connectivity index (χ0v) is 73.4. The summed E-state index contributed by atoms with van der Waals surface area (Å²) in [4.78, 5) is 161. The highest BCUT2D eigenvalue weighted by atomic mass is 32.2. The second-order valence-electron chi connectivity index (χ2n) is 30.8. The van der Waals surface area contributed by atoms with Crippen LogP contribution in [-0.4, -0.2) is 161 Å². The molecule has 7 aromatic heterocycles. The van der Waals surface area contributed by atoms with E-state index in [0.29, 0.717) is 65.2 Å². The third-order valence-corrected chi connectivity index (χ3v) is 16.8. The Bertz CT molecular complexity index is 4440. The molecule has 44 heteroatoms. The van der Waals surface area contributed by atoms with E-state index in [4.69, 9.17) is 13.8 Å². The number of oxime groups is 1. The number of amidine groups is 1. The maximum atomic E-state index is 11.2. The van der Waals surface area contributed by atoms with Crippen molar-refractivity contribution in [3.63, 3.8) is 0 Å². The molecule has 2 saturated heterocycles. The molecule has 0 bridgehead atoms. The van der Waals surface area contributed by atoms with Crippen molar-refractivity contribution in [2.75, 3.05) is 13.1 Å². The zero-order chi connectivity index (χ0) is 88.2. The van der Waals surface area contributed by atoms with E-state index in [2.05, 4.69) is 126 Å². The van der Waals surface area contributed by atoms with Crippen LogP contribution >= 0.6 is 35.5 Å². The molecule has 12 heterocycles. The normalized spacial score (nSPS) is 15.3. The number of amides is 2. The summed E-state index contributed by atoms with van der Waals surface area (Å²) in [7, 11) is 0. The highest BCUT2D eigenvalue weighted by molar-refractivity contribution is 8.15. The van der Waals surface area contributed by atoms with Gasteiger partial charge in [0.15, 0.2) is 28.4 Å². The largest absolute Gasteiger partial charge is 0.440 e. The van der Waals surface area contributed by atoms with E-state index >= 15 is 0 Å². The number of H-pyrrole nitrogens is 8. The van der Waals surface area contributed by atoms with Gasteiger partial charge in [-0.25, -0.2) is 34.3 Å². The number of nitrogens with one attached hydrogen (secondary N) is 9. The fraction of sp³-hybridized carbons (Fsp3) is 0.620. The number of ether oxygens (including phenoxy) is 1. The third-order valence-electron chi connectivity index (χ3n) is 13.9. The molecule has 0 aromatic carbocycles. The van der Waals surface area contributed by atoms with Gasteiger partial charge >= 0.3 is 44.5 Å². The summed E-state index contributed by atoms with van der Waals surface area (Å²) in [6.07, 6.45) is 1.43. The van der Waals surface area contributed by atoms with Crippen LogP contribution in [0.1, 0.15) is 276 Å². The second-order valence-corrected chi connectivity index (χ2v) is 33.8. The van der Waals surface area contributed by atoms with Crippen LogP contribution in [0.5, 0.6) is 0 Å². The van der Waals surface area contributed by atoms with Gasteiger partial charge in [-0.05, 0) is 55.4 Å². The number of carbonyl (C=O) groups excluding carboxylic acids is 6. The van der Waals surface area contributed by atoms with E-state index in [1.807, 2.05) is 187 Å². The van der Waals surface area contributed by atoms with Crippen LogP contribution < -0.4 is 38.3 Å². The van der Waals surface area contributed by atoms with Crippen LogP contribution in [0.25, 0.3) is 0 Å². The monoisotopic (exact) mass is 1690 g/mol. The minimum atomic E-state index is -1.68. The SMILES string of the molecule is CC(C)(C)C1SC(=O)CC1=O.CC(C)(C)N1OC(=O)CC1=O.CC(C)(C)c1cc(=O)[nH]o1.CC(C)C1=NCC(=O)N1.CC(C)C1=NCC(=O)O1.CC(C)C1=NOS(=O)O1.CC(C)c1cc(=O)[nH]c(=O)[nH]1.CC(C)c1cc(=O)[nH]cn1.CC(C)c1nc(=S)o[nH]1.CC(C)c1nn[nH]n1.CC(C)c1noc(=O)[nH]1.CC(C)c1nsc(=O)[nH]1. The van der Waals surface area contributed by atoms with Gasteiger partial charge in [0.2, 0.25) is 5.91 Å². The maximum absolute atomic E-state index is 11.2. The van der Waals surface area contributed by atoms with Crippen molar-refractivity contribution in [3.8, 4) is 0 Å². The van der Waals surface area contributed by atoms with E-state index in [9.17, 15) is 61.7 Å². The number of thioether (sulfide) groups is 1. The van der Waals surface area contributed by atoms with Crippen LogP contribution in [0.2, 0.25) is 0 Å². The number of nitrogens with zero attached hydrogens (tertiary/aromatic N) is 11. The van der Waals surface area contributed by atoms with Crippen LogP contribution in [0.15, 0.2) is 82.0 Å². The number of tetrazole rings is 1. The molecule has 7 aromatic rings. The van der Waals surface area contributed by atoms with Crippen LogP contribution in [0, 0.1) is 28.0 Å². The minimum absolute atomic E-state index is 0.0127. The molecule has 115 heavy (non-hydrogen) atoms. The van der Waals surface area contributed by atoms with Crippen molar-refractivity contribution < 1.29 is 64.6 Å². The number of aliphatic imine (C=N–C) groups is 2. The lowest BCUT2D eigenvalue weighted by Crippen LogP contribution is -2.41. The van der Waals surface area contributed by atoms with Gasteiger partial charge in [-0.1, -0.05) is 188 Å². The first-order chi connectivity index (χ1) is 53.1. The first-order valence-corrected chi connectivity index (χ1v) is 39.4. The Labute approximate surface area is 680 Å². The van der Waals surface area contributed by atoms with Crippen molar-refractivity contribution in [2.24, 2.45) is 38.3 Å². The fourth-order valence-electron chi connectivity index (χ4n) is 7.76. The lowest BCUT2D eigenvalue weighted by atomic mass is 9.89. The van der Waals surface area contributed by atoms with Crippen molar-refractivity contribution in [1.82, 2.24) is 85.7 Å². The molecule has 0 saturated carbocycles. The summed E-state index contributed by atoms with van der Waals surface area (Å²) in [5.41, 5.74) is -0.138. The fourth-order valence-corrected chi connectivity index (χ4v) is 10.1. The number of rotatable bonds is 9. The molecular weight excluding hydrogens is 1580 g/mol. The molecule has 0 radical (unpaired) electrons. The summed E-state index contributed by atoms with van der Waals surface area (Å²) < 4.78 is 41.7. The summed E-state index contributed by atoms with van der Waals surface area (Å²) in [6, 6.07) is 4.39. The molecule has 0 aliphatic carbocycles. The second kappa shape index (κ2) is 49.4. The van der Waals surface area contributed by atoms with Gasteiger partial charge in [0.1, 0.15) is 42.8 Å². The van der Waals surface area contributed by atoms with E-state index in [1.165, 1.54) is 36.3 Å². The van der Waals surface area contributed by atoms with Crippen LogP contribution in [0.3, 0.4) is 0 Å². The Morgan fingerprint density at radius 1 is 0.609 bits per heavy atom. The molecule has 40 nitrogen and oxygen atoms in total. The predicted octanol–water partition coefficient (Wildman–Crippen LogP) is 9.42. The van der Waals surface area contributed by atoms with Gasteiger partial charge in [-0.2, -0.15) is 29.0 Å². The molecule has 0 spiro atoms. The average molecular weight is 1690 g/mol. The van der Waals surface area contributed by atoms with Gasteiger partial charge in [0.25, 0.3) is 28.5 Å². The summed E-state index contributed by atoms with van der Waals surface area (Å²) >= 11 is 5.13. The van der Waals surface area contributed by atoms with Gasteiger partial charge in [0, 0.05) is 82.3 Å². The predicted molar refractivity (Wildman–Crippen MR) is 435 cm³/mol. The molecule has 9 N–H and O–H groups in total. The summed E-state index contributed by atoms with van der Waals surface area (Å²) in [5.74, 6) is 6.55. The van der Waals surface area contributed by atoms with Crippen molar-refractivity contribution in [3.05, 3.63) is 132 Å². The van der Waals surface area contributed by atoms with E-state index in [-0.39, 0.29) is 114 Å². The van der Waals surface area contributed by atoms with Crippen LogP contribution in [0.4, 0.5) is 0 Å². The summed E-state index contributed by atoms with van der Waals surface area (Å²) in [6.45, 7) is 53.2. The zero-order valence-electron chi connectivity index (χ0n) is 70.1. The number of hydrogen-bond acceptors (Lipinski definition) is 33. The van der Waals surface area contributed by atoms with E-state index in [0.717, 1.165) is 45.6 Å². The highest BCUT2D eigenvalue weighted by Crippen LogP contribution is 2.37. The van der Waals surface area contributed by atoms with E-state index < -0.39 is 34.3 Å². The quantitative estimate of drug-likeness (QED) is 0.0369. The Hall–Kier alpha value is -10.4. The van der Waals surface area contributed by atoms with Gasteiger partial charge in [-0.3, -0.25) is 67.1 Å². The number of carbonyl (C=O) groups is 6. The molecule has 12 rings (SSSR count). The number of esters is 1. The van der Waals surface area contributed by atoms with E-state index in [1.54, 1.807) is 0 Å². The third kappa shape index (κ3) is 42.0. The molecular formula is C71H112N20O20S4. The van der Waals surface area contributed by atoms with Crippen LogP contribution in [-0.2, 0) is 63.6 Å². The molecule has 640 valence electrons. The Morgan fingerprint density at radius 2 is 1.23 bits per heavy atom. The van der Waals surface area contributed by atoms with Crippen molar-refractivity contribution in [2.45, 2.75) is 251 Å². The first kappa shape index (κ1) is 103. The Morgan fingerprint density at radius 3 is 1.48 bits per heavy atom. The standard InChI is InChI=1S/C8H12O2S.C7H10N2O2.C7H10N2O.C7H11NO3.C7H11NO2.C6H10N2O.C6H9NO2.C5H8N2O2.2C5H8N2OS.C4H8N4.C4H7NO3S/c1-8(2,3)7-5(9)4-6(10)11-7;1-4(2)5-3-6(10)9-7(11)8-5;1-5(2)6-3-7(10)9-4-8-6;1-7(2,3)8-5(9)4-6(10)11-8;1-7(2,3)5-4-6(9)8-10-5;1-4(2)6-7-3-5(9)8-6;1-4(2)6-7-3-5(8)9-6;2*1-3(2)4-6-5(8)9-7-4;1-3(2)4-6-5(9)8-7-4;1-3(2)4-5-7-8-6-4;1-3(2)4-5-8-9(6)7-4/h7H,4H2,1-3H3;3-4H,1-2H3,(H2,8,9,10,11);3-5H,1-2H3,(H,8,9,10);4H2,1-3H3;4H,1-3H3,(H,8,9);4H,3H2,1-2H3,(H,7,8,9);4H,3H2,1-2H3;2*3H,1-2H3,(H,6,7,8);3H,1-2H3,(H,6,7,9);3H,1-2H3,(H,5,6,7,8);3H,1-2H3. The lowest BCUT2D eigenvalue weighted by Gasteiger charge is -2.27. The highest BCUT2D eigenvalue weighted by Gasteiger charge is 2.40. The average Bonchev–Trinajstić information content (AvgIpc) is 1.70.